The van der Waals surface area contributed by atoms with E-state index in [1.54, 1.807) is 6.07 Å². The standard InChI is InChI=1S/C23H25FN4O/c1-17-22-13-20(24)8-7-19(22)10-12-27(17)16-23(29)25-11-9-18-14-26-28(15-18)21-5-3-2-4-6-21/h2-8,13-15,17H,9-12,16H2,1H3,(H,25,29). The number of carbonyl (C=O) groups excluding carboxylic acids is 1. The molecule has 2 aromatic carbocycles. The molecule has 0 fully saturated rings. The Hall–Kier alpha value is -2.99. The molecule has 1 unspecified atom stereocenters. The van der Waals surface area contributed by atoms with Gasteiger partial charge in [-0.15, -0.1) is 0 Å². The number of fused-ring (bicyclic) bond motifs is 1. The molecule has 1 N–H and O–H groups in total. The molecular weight excluding hydrogens is 367 g/mol. The van der Waals surface area contributed by atoms with E-state index in [0.29, 0.717) is 13.1 Å². The highest BCUT2D eigenvalue weighted by molar-refractivity contribution is 5.78. The number of aromatic nitrogens is 2. The first-order chi connectivity index (χ1) is 14.1. The normalized spacial score (nSPS) is 16.4. The lowest BCUT2D eigenvalue weighted by molar-refractivity contribution is -0.122. The van der Waals surface area contributed by atoms with Crippen LogP contribution >= 0.6 is 0 Å². The van der Waals surface area contributed by atoms with Crippen LogP contribution in [0.4, 0.5) is 4.39 Å². The highest BCUT2D eigenvalue weighted by Gasteiger charge is 2.25. The summed E-state index contributed by atoms with van der Waals surface area (Å²) in [5.74, 6) is -0.231. The zero-order valence-electron chi connectivity index (χ0n) is 16.5. The van der Waals surface area contributed by atoms with Crippen molar-refractivity contribution in [2.24, 2.45) is 0 Å². The lowest BCUT2D eigenvalue weighted by atomic mass is 9.93. The van der Waals surface area contributed by atoms with Gasteiger partial charge in [0.1, 0.15) is 5.82 Å². The van der Waals surface area contributed by atoms with Crippen LogP contribution < -0.4 is 5.32 Å². The minimum Gasteiger partial charge on any atom is -0.355 e. The Morgan fingerprint density at radius 3 is 2.90 bits per heavy atom. The van der Waals surface area contributed by atoms with Crippen LogP contribution in [0.5, 0.6) is 0 Å². The third kappa shape index (κ3) is 4.54. The fourth-order valence-electron chi connectivity index (χ4n) is 3.85. The lowest BCUT2D eigenvalue weighted by Crippen LogP contribution is -2.42. The Morgan fingerprint density at radius 1 is 1.24 bits per heavy atom. The molecule has 0 radical (unpaired) electrons. The SMILES string of the molecule is CC1c2cc(F)ccc2CCN1CC(=O)NCCc1cnn(-c2ccccc2)c1. The first-order valence-electron chi connectivity index (χ1n) is 9.98. The predicted molar refractivity (Wildman–Crippen MR) is 110 cm³/mol. The van der Waals surface area contributed by atoms with Crippen LogP contribution in [0.3, 0.4) is 0 Å². The average molecular weight is 392 g/mol. The smallest absolute Gasteiger partial charge is 0.234 e. The maximum atomic E-state index is 13.6. The number of carbonyl (C=O) groups is 1. The number of halogens is 1. The summed E-state index contributed by atoms with van der Waals surface area (Å²) in [6, 6.07) is 14.9. The van der Waals surface area contributed by atoms with E-state index in [4.69, 9.17) is 0 Å². The van der Waals surface area contributed by atoms with E-state index in [9.17, 15) is 9.18 Å². The largest absolute Gasteiger partial charge is 0.355 e. The Balaban J connectivity index is 1.27. The number of hydrogen-bond donors (Lipinski definition) is 1. The molecule has 5 nitrogen and oxygen atoms in total. The summed E-state index contributed by atoms with van der Waals surface area (Å²) in [4.78, 5) is 14.5. The van der Waals surface area contributed by atoms with Crippen molar-refractivity contribution in [3.63, 3.8) is 0 Å². The fourth-order valence-corrected chi connectivity index (χ4v) is 3.85. The number of amides is 1. The van der Waals surface area contributed by atoms with Crippen molar-refractivity contribution in [3.05, 3.63) is 83.4 Å². The monoisotopic (exact) mass is 392 g/mol. The summed E-state index contributed by atoms with van der Waals surface area (Å²) >= 11 is 0. The average Bonchev–Trinajstić information content (AvgIpc) is 3.20. The van der Waals surface area contributed by atoms with Crippen LogP contribution in [0.2, 0.25) is 0 Å². The van der Waals surface area contributed by atoms with Crippen molar-refractivity contribution in [2.45, 2.75) is 25.8 Å². The molecular formula is C23H25FN4O. The van der Waals surface area contributed by atoms with E-state index in [0.717, 1.165) is 36.2 Å². The molecule has 0 saturated heterocycles. The molecule has 1 aromatic heterocycles. The van der Waals surface area contributed by atoms with Crippen molar-refractivity contribution in [3.8, 4) is 5.69 Å². The summed E-state index contributed by atoms with van der Waals surface area (Å²) in [5.41, 5.74) is 4.24. The number of hydrogen-bond acceptors (Lipinski definition) is 3. The van der Waals surface area contributed by atoms with Gasteiger partial charge in [0.2, 0.25) is 5.91 Å². The Labute approximate surface area is 170 Å². The topological polar surface area (TPSA) is 50.2 Å². The highest BCUT2D eigenvalue weighted by atomic mass is 19.1. The van der Waals surface area contributed by atoms with Gasteiger partial charge in [-0.1, -0.05) is 24.3 Å². The van der Waals surface area contributed by atoms with Gasteiger partial charge in [0.15, 0.2) is 0 Å². The molecule has 0 saturated carbocycles. The van der Waals surface area contributed by atoms with E-state index in [2.05, 4.69) is 15.3 Å². The van der Waals surface area contributed by atoms with E-state index < -0.39 is 0 Å². The first kappa shape index (κ1) is 19.3. The molecule has 4 rings (SSSR count). The van der Waals surface area contributed by atoms with Crippen LogP contribution in [0, 0.1) is 5.82 Å². The van der Waals surface area contributed by atoms with Gasteiger partial charge in [0.05, 0.1) is 18.4 Å². The molecule has 1 aliphatic rings. The van der Waals surface area contributed by atoms with Crippen LogP contribution in [-0.4, -0.2) is 40.2 Å². The number of rotatable bonds is 6. The van der Waals surface area contributed by atoms with E-state index in [-0.39, 0.29) is 17.8 Å². The Bertz CT molecular complexity index is 986. The third-order valence-corrected chi connectivity index (χ3v) is 5.51. The summed E-state index contributed by atoms with van der Waals surface area (Å²) < 4.78 is 15.4. The van der Waals surface area contributed by atoms with Gasteiger partial charge < -0.3 is 5.32 Å². The zero-order valence-corrected chi connectivity index (χ0v) is 16.5. The minimum absolute atomic E-state index is 0.00726. The predicted octanol–water partition coefficient (Wildman–Crippen LogP) is 3.29. The van der Waals surface area contributed by atoms with Crippen LogP contribution in [-0.2, 0) is 17.6 Å². The molecule has 150 valence electrons. The second-order valence-corrected chi connectivity index (χ2v) is 7.47. The summed E-state index contributed by atoms with van der Waals surface area (Å²) in [7, 11) is 0. The fraction of sp³-hybridized carbons (Fsp3) is 0.304. The molecule has 0 spiro atoms. The summed E-state index contributed by atoms with van der Waals surface area (Å²) in [6.07, 6.45) is 5.38. The van der Waals surface area contributed by atoms with Gasteiger partial charge >= 0.3 is 0 Å². The Kier molecular flexibility index (Phi) is 5.71. The molecule has 3 aromatic rings. The van der Waals surface area contributed by atoms with Crippen molar-refractivity contribution in [2.75, 3.05) is 19.6 Å². The summed E-state index contributed by atoms with van der Waals surface area (Å²) in [6.45, 7) is 3.72. The van der Waals surface area contributed by atoms with Crippen LogP contribution in [0.15, 0.2) is 60.9 Å². The van der Waals surface area contributed by atoms with Gasteiger partial charge in [0.25, 0.3) is 0 Å². The first-order valence-corrected chi connectivity index (χ1v) is 9.98. The number of para-hydroxylation sites is 1. The number of nitrogens with one attached hydrogen (secondary N) is 1. The molecule has 1 atom stereocenters. The van der Waals surface area contributed by atoms with Crippen molar-refractivity contribution < 1.29 is 9.18 Å². The number of benzene rings is 2. The minimum atomic E-state index is -0.224. The van der Waals surface area contributed by atoms with Gasteiger partial charge in [-0.05, 0) is 60.7 Å². The van der Waals surface area contributed by atoms with Gasteiger partial charge in [-0.3, -0.25) is 9.69 Å². The molecule has 2 heterocycles. The molecule has 0 bridgehead atoms. The maximum absolute atomic E-state index is 13.6. The van der Waals surface area contributed by atoms with Crippen LogP contribution in [0.1, 0.15) is 29.7 Å². The zero-order chi connectivity index (χ0) is 20.2. The lowest BCUT2D eigenvalue weighted by Gasteiger charge is -2.34. The van der Waals surface area contributed by atoms with Gasteiger partial charge in [-0.25, -0.2) is 9.07 Å². The van der Waals surface area contributed by atoms with Gasteiger partial charge in [-0.2, -0.15) is 5.10 Å². The molecule has 6 heteroatoms. The van der Waals surface area contributed by atoms with Gasteiger partial charge in [0, 0.05) is 25.3 Å². The second kappa shape index (κ2) is 8.57. The highest BCUT2D eigenvalue weighted by Crippen LogP contribution is 2.29. The second-order valence-electron chi connectivity index (χ2n) is 7.47. The van der Waals surface area contributed by atoms with E-state index in [1.807, 2.05) is 60.4 Å². The number of nitrogens with zero attached hydrogens (tertiary/aromatic N) is 3. The molecule has 1 amide bonds. The Morgan fingerprint density at radius 2 is 2.07 bits per heavy atom. The molecule has 1 aliphatic heterocycles. The van der Waals surface area contributed by atoms with Crippen molar-refractivity contribution in [1.29, 1.82) is 0 Å². The van der Waals surface area contributed by atoms with Crippen LogP contribution in [0.25, 0.3) is 5.69 Å². The maximum Gasteiger partial charge on any atom is 0.234 e. The van der Waals surface area contributed by atoms with E-state index >= 15 is 0 Å². The van der Waals surface area contributed by atoms with E-state index in [1.165, 1.54) is 11.6 Å². The molecule has 29 heavy (non-hydrogen) atoms. The third-order valence-electron chi connectivity index (χ3n) is 5.51. The van der Waals surface area contributed by atoms with Crippen molar-refractivity contribution in [1.82, 2.24) is 20.0 Å². The molecule has 0 aliphatic carbocycles. The summed E-state index contributed by atoms with van der Waals surface area (Å²) in [5, 5.41) is 7.37. The van der Waals surface area contributed by atoms with Crippen molar-refractivity contribution >= 4 is 5.91 Å². The quantitative estimate of drug-likeness (QED) is 0.700.